The molecule has 1 unspecified atom stereocenters. The molecule has 1 aromatic heterocycles. The van der Waals surface area contributed by atoms with Crippen LogP contribution in [-0.2, 0) is 4.79 Å². The summed E-state index contributed by atoms with van der Waals surface area (Å²) in [7, 11) is 3.21. The third-order valence-corrected chi connectivity index (χ3v) is 5.64. The number of Topliss-reactive ketones (excluding diaryl/α,β-unsaturated/α-hetero) is 1. The summed E-state index contributed by atoms with van der Waals surface area (Å²) in [6.45, 7) is 0.727. The van der Waals surface area contributed by atoms with Crippen molar-refractivity contribution in [3.05, 3.63) is 46.2 Å². The number of hydrogen-bond donors (Lipinski definition) is 0. The first-order chi connectivity index (χ1) is 12.6. The van der Waals surface area contributed by atoms with Gasteiger partial charge in [-0.25, -0.2) is 0 Å². The molecule has 0 bridgehead atoms. The van der Waals surface area contributed by atoms with Crippen LogP contribution in [0.4, 0.5) is 0 Å². The van der Waals surface area contributed by atoms with Crippen molar-refractivity contribution in [2.24, 2.45) is 0 Å². The van der Waals surface area contributed by atoms with Crippen molar-refractivity contribution in [1.29, 1.82) is 0 Å². The number of ether oxygens (including phenoxy) is 2. The molecule has 138 valence electrons. The molecule has 0 N–H and O–H groups in total. The van der Waals surface area contributed by atoms with Gasteiger partial charge < -0.3 is 14.4 Å². The number of ketones is 1. The van der Waals surface area contributed by atoms with Gasteiger partial charge in [-0.15, -0.1) is 11.3 Å². The zero-order valence-electron chi connectivity index (χ0n) is 15.1. The highest BCUT2D eigenvalue weighted by atomic mass is 32.1. The second kappa shape index (κ2) is 8.36. The number of benzene rings is 1. The minimum atomic E-state index is 0.0270. The molecule has 1 saturated heterocycles. The first-order valence-electron chi connectivity index (χ1n) is 8.72. The van der Waals surface area contributed by atoms with Crippen LogP contribution in [0.3, 0.4) is 0 Å². The number of carbonyl (C=O) groups excluding carboxylic acids is 2. The minimum Gasteiger partial charge on any atom is -0.493 e. The van der Waals surface area contributed by atoms with E-state index in [1.54, 1.807) is 20.3 Å². The average Bonchev–Trinajstić information content (AvgIpc) is 3.37. The van der Waals surface area contributed by atoms with E-state index in [4.69, 9.17) is 9.47 Å². The second-order valence-corrected chi connectivity index (χ2v) is 7.21. The lowest BCUT2D eigenvalue weighted by molar-refractivity contribution is -0.132. The van der Waals surface area contributed by atoms with E-state index in [-0.39, 0.29) is 30.6 Å². The van der Waals surface area contributed by atoms with Gasteiger partial charge in [-0.3, -0.25) is 9.59 Å². The van der Waals surface area contributed by atoms with E-state index in [0.29, 0.717) is 11.5 Å². The molecule has 1 aromatic carbocycles. The highest BCUT2D eigenvalue weighted by Gasteiger charge is 2.30. The number of carbonyl (C=O) groups is 2. The number of rotatable bonds is 7. The Balaban J connectivity index is 1.67. The van der Waals surface area contributed by atoms with Crippen LogP contribution in [-0.4, -0.2) is 37.4 Å². The summed E-state index contributed by atoms with van der Waals surface area (Å²) in [6.07, 6.45) is 2.39. The van der Waals surface area contributed by atoms with Crippen molar-refractivity contribution in [1.82, 2.24) is 4.90 Å². The normalized spacial score (nSPS) is 16.5. The quantitative estimate of drug-likeness (QED) is 0.686. The van der Waals surface area contributed by atoms with Gasteiger partial charge in [0.2, 0.25) is 5.91 Å². The molecule has 1 aliphatic heterocycles. The number of amides is 1. The van der Waals surface area contributed by atoms with Crippen LogP contribution in [0.15, 0.2) is 35.7 Å². The van der Waals surface area contributed by atoms with Gasteiger partial charge in [0.1, 0.15) is 0 Å². The SMILES string of the molecule is COc1ccc(C2CCCN2C(=O)CCC(=O)c2cccs2)cc1OC. The van der Waals surface area contributed by atoms with E-state index in [1.165, 1.54) is 11.3 Å². The molecule has 0 spiro atoms. The molecule has 0 saturated carbocycles. The molecule has 1 aliphatic rings. The Morgan fingerprint density at radius 3 is 2.65 bits per heavy atom. The summed E-state index contributed by atoms with van der Waals surface area (Å²) < 4.78 is 10.7. The Morgan fingerprint density at radius 1 is 1.15 bits per heavy atom. The van der Waals surface area contributed by atoms with Crippen molar-refractivity contribution >= 4 is 23.0 Å². The summed E-state index contributed by atoms with van der Waals surface area (Å²) in [5, 5.41) is 1.88. The molecule has 5 nitrogen and oxygen atoms in total. The predicted octanol–water partition coefficient (Wildman–Crippen LogP) is 4.09. The third kappa shape index (κ3) is 3.90. The lowest BCUT2D eigenvalue weighted by atomic mass is 10.0. The van der Waals surface area contributed by atoms with Gasteiger partial charge in [0, 0.05) is 19.4 Å². The smallest absolute Gasteiger partial charge is 0.223 e. The topological polar surface area (TPSA) is 55.8 Å². The lowest BCUT2D eigenvalue weighted by Crippen LogP contribution is -2.30. The zero-order valence-corrected chi connectivity index (χ0v) is 15.9. The first kappa shape index (κ1) is 18.5. The predicted molar refractivity (Wildman–Crippen MR) is 101 cm³/mol. The molecule has 2 heterocycles. The molecule has 3 rings (SSSR count). The van der Waals surface area contributed by atoms with Crippen LogP contribution in [0, 0.1) is 0 Å². The Bertz CT molecular complexity index is 772. The van der Waals surface area contributed by atoms with Crippen molar-refractivity contribution in [2.75, 3.05) is 20.8 Å². The molecule has 0 radical (unpaired) electrons. The Kier molecular flexibility index (Phi) is 5.93. The summed E-state index contributed by atoms with van der Waals surface area (Å²) in [4.78, 5) is 27.5. The molecular weight excluding hydrogens is 350 g/mol. The van der Waals surface area contributed by atoms with Gasteiger partial charge in [-0.05, 0) is 42.0 Å². The maximum absolute atomic E-state index is 12.7. The standard InChI is InChI=1S/C20H23NO4S/c1-24-17-9-7-14(13-18(17)25-2)15-5-3-11-21(15)20(23)10-8-16(22)19-6-4-12-26-19/h4,6-7,9,12-13,15H,3,5,8,10-11H2,1-2H3. The summed E-state index contributed by atoms with van der Waals surface area (Å²) in [5.74, 6) is 1.41. The zero-order chi connectivity index (χ0) is 18.5. The average molecular weight is 373 g/mol. The van der Waals surface area contributed by atoms with Gasteiger partial charge in [0.15, 0.2) is 17.3 Å². The Hall–Kier alpha value is -2.34. The fraction of sp³-hybridized carbons (Fsp3) is 0.400. The molecule has 26 heavy (non-hydrogen) atoms. The fourth-order valence-electron chi connectivity index (χ4n) is 3.40. The van der Waals surface area contributed by atoms with E-state index < -0.39 is 0 Å². The van der Waals surface area contributed by atoms with Crippen molar-refractivity contribution in [2.45, 2.75) is 31.7 Å². The summed E-state index contributed by atoms with van der Waals surface area (Å²) in [5.41, 5.74) is 1.04. The number of thiophene rings is 1. The maximum atomic E-state index is 12.7. The van der Waals surface area contributed by atoms with Gasteiger partial charge in [0.05, 0.1) is 25.1 Å². The number of nitrogens with zero attached hydrogens (tertiary/aromatic N) is 1. The molecule has 1 amide bonds. The van der Waals surface area contributed by atoms with E-state index >= 15 is 0 Å². The Labute approximate surface area is 157 Å². The minimum absolute atomic E-state index is 0.0270. The van der Waals surface area contributed by atoms with Crippen LogP contribution in [0.2, 0.25) is 0 Å². The first-order valence-corrected chi connectivity index (χ1v) is 9.60. The van der Waals surface area contributed by atoms with Gasteiger partial charge in [-0.2, -0.15) is 0 Å². The van der Waals surface area contributed by atoms with E-state index in [2.05, 4.69) is 0 Å². The van der Waals surface area contributed by atoms with E-state index in [0.717, 1.165) is 29.8 Å². The second-order valence-electron chi connectivity index (χ2n) is 6.26. The Morgan fingerprint density at radius 2 is 1.96 bits per heavy atom. The van der Waals surface area contributed by atoms with Crippen LogP contribution in [0.1, 0.15) is 47.0 Å². The van der Waals surface area contributed by atoms with E-state index in [1.807, 2.05) is 34.5 Å². The highest BCUT2D eigenvalue weighted by Crippen LogP contribution is 2.37. The van der Waals surface area contributed by atoms with Gasteiger partial charge in [-0.1, -0.05) is 12.1 Å². The molecule has 1 fully saturated rings. The highest BCUT2D eigenvalue weighted by molar-refractivity contribution is 7.12. The van der Waals surface area contributed by atoms with Crippen LogP contribution < -0.4 is 9.47 Å². The van der Waals surface area contributed by atoms with E-state index in [9.17, 15) is 9.59 Å². The third-order valence-electron chi connectivity index (χ3n) is 4.73. The molecule has 0 aliphatic carbocycles. The van der Waals surface area contributed by atoms with Crippen LogP contribution in [0.5, 0.6) is 11.5 Å². The van der Waals surface area contributed by atoms with Crippen molar-refractivity contribution in [3.8, 4) is 11.5 Å². The fourth-order valence-corrected chi connectivity index (χ4v) is 4.09. The molecule has 6 heteroatoms. The number of hydrogen-bond acceptors (Lipinski definition) is 5. The largest absolute Gasteiger partial charge is 0.493 e. The molecule has 2 aromatic rings. The molecule has 1 atom stereocenters. The van der Waals surface area contributed by atoms with Crippen molar-refractivity contribution < 1.29 is 19.1 Å². The maximum Gasteiger partial charge on any atom is 0.223 e. The lowest BCUT2D eigenvalue weighted by Gasteiger charge is -2.25. The molecular formula is C20H23NO4S. The number of methoxy groups -OCH3 is 2. The van der Waals surface area contributed by atoms with Gasteiger partial charge in [0.25, 0.3) is 0 Å². The van der Waals surface area contributed by atoms with Crippen molar-refractivity contribution in [3.63, 3.8) is 0 Å². The summed E-state index contributed by atoms with van der Waals surface area (Å²) in [6, 6.07) is 9.47. The van der Waals surface area contributed by atoms with Crippen LogP contribution in [0.25, 0.3) is 0 Å². The van der Waals surface area contributed by atoms with Gasteiger partial charge >= 0.3 is 0 Å². The number of likely N-dealkylation sites (tertiary alicyclic amines) is 1. The summed E-state index contributed by atoms with van der Waals surface area (Å²) >= 11 is 1.42. The van der Waals surface area contributed by atoms with Crippen LogP contribution >= 0.6 is 11.3 Å². The monoisotopic (exact) mass is 373 g/mol.